The predicted octanol–water partition coefficient (Wildman–Crippen LogP) is 11.3. The summed E-state index contributed by atoms with van der Waals surface area (Å²) in [5, 5.41) is 3.54. The van der Waals surface area contributed by atoms with Crippen LogP contribution in [0.4, 0.5) is 0 Å². The molecule has 4 nitrogen and oxygen atoms in total. The average molecular weight is 608 g/mol. The first-order valence-electron chi connectivity index (χ1n) is 15.2. The van der Waals surface area contributed by atoms with Gasteiger partial charge in [-0.25, -0.2) is 15.0 Å². The molecule has 9 rings (SSSR count). The number of thiophene rings is 1. The van der Waals surface area contributed by atoms with E-state index >= 15 is 0 Å². The zero-order valence-corrected chi connectivity index (χ0v) is 25.4. The van der Waals surface area contributed by atoms with Crippen LogP contribution in [0.2, 0.25) is 0 Å². The molecule has 0 aliphatic heterocycles. The van der Waals surface area contributed by atoms with Crippen LogP contribution in [0.1, 0.15) is 0 Å². The Morgan fingerprint density at radius 2 is 1.09 bits per heavy atom. The minimum absolute atomic E-state index is 0.624. The molecule has 216 valence electrons. The quantitative estimate of drug-likeness (QED) is 0.195. The van der Waals surface area contributed by atoms with Crippen molar-refractivity contribution in [3.8, 4) is 56.6 Å². The fraction of sp³-hybridized carbons (Fsp3) is 0. The van der Waals surface area contributed by atoms with Gasteiger partial charge in [-0.15, -0.1) is 11.3 Å². The van der Waals surface area contributed by atoms with E-state index < -0.39 is 0 Å². The molecule has 3 aromatic heterocycles. The Hall–Kier alpha value is -5.91. The highest BCUT2D eigenvalue weighted by atomic mass is 32.1. The van der Waals surface area contributed by atoms with Crippen molar-refractivity contribution in [3.05, 3.63) is 152 Å². The number of fused-ring (bicyclic) bond motifs is 4. The number of benzene rings is 6. The summed E-state index contributed by atoms with van der Waals surface area (Å²) in [7, 11) is 0. The first-order chi connectivity index (χ1) is 22.8. The third-order valence-corrected chi connectivity index (χ3v) is 9.58. The van der Waals surface area contributed by atoms with E-state index in [-0.39, 0.29) is 0 Å². The van der Waals surface area contributed by atoms with Crippen LogP contribution in [-0.4, -0.2) is 15.0 Å². The molecule has 0 amide bonds. The van der Waals surface area contributed by atoms with Gasteiger partial charge in [-0.2, -0.15) is 0 Å². The van der Waals surface area contributed by atoms with E-state index in [9.17, 15) is 0 Å². The summed E-state index contributed by atoms with van der Waals surface area (Å²) >= 11 is 1.78. The fourth-order valence-electron chi connectivity index (χ4n) is 6.05. The first kappa shape index (κ1) is 26.5. The molecule has 5 heteroatoms. The zero-order valence-electron chi connectivity index (χ0n) is 24.6. The van der Waals surface area contributed by atoms with Gasteiger partial charge in [0.15, 0.2) is 17.5 Å². The number of para-hydroxylation sites is 1. The van der Waals surface area contributed by atoms with Crippen LogP contribution in [0.15, 0.2) is 156 Å². The second-order valence-electron chi connectivity index (χ2n) is 11.3. The monoisotopic (exact) mass is 607 g/mol. The van der Waals surface area contributed by atoms with Crippen molar-refractivity contribution in [1.29, 1.82) is 0 Å². The molecule has 0 atom stereocenters. The standard InChI is InChI=1S/C41H25N3OS/c1-2-10-26(11-3-1)29-13-8-14-31(24-29)40-42-39(28-22-20-27(21-23-28)36-25-30-12-4-6-18-35(30)45-36)43-41(44-40)34-17-9-16-33-32-15-5-7-19-37(32)46-38(33)34/h1-25H. The molecule has 0 aliphatic rings. The van der Waals surface area contributed by atoms with Gasteiger partial charge >= 0.3 is 0 Å². The molecule has 0 spiro atoms. The number of furan rings is 1. The smallest absolute Gasteiger partial charge is 0.165 e. The molecule has 0 saturated carbocycles. The summed E-state index contributed by atoms with van der Waals surface area (Å²) in [5.41, 5.74) is 6.99. The van der Waals surface area contributed by atoms with Gasteiger partial charge in [-0.05, 0) is 41.5 Å². The molecule has 0 bridgehead atoms. The van der Waals surface area contributed by atoms with Crippen molar-refractivity contribution in [1.82, 2.24) is 15.0 Å². The van der Waals surface area contributed by atoms with Crippen molar-refractivity contribution in [2.24, 2.45) is 0 Å². The fourth-order valence-corrected chi connectivity index (χ4v) is 7.27. The van der Waals surface area contributed by atoms with Gasteiger partial charge in [0.25, 0.3) is 0 Å². The topological polar surface area (TPSA) is 51.8 Å². The third-order valence-electron chi connectivity index (χ3n) is 8.36. The summed E-state index contributed by atoms with van der Waals surface area (Å²) in [4.78, 5) is 15.3. The maximum atomic E-state index is 6.13. The molecule has 46 heavy (non-hydrogen) atoms. The number of hydrogen-bond donors (Lipinski definition) is 0. The van der Waals surface area contributed by atoms with Gasteiger partial charge in [0.1, 0.15) is 11.3 Å². The number of aromatic nitrogens is 3. The minimum Gasteiger partial charge on any atom is -0.456 e. The van der Waals surface area contributed by atoms with Crippen LogP contribution < -0.4 is 0 Å². The second-order valence-corrected chi connectivity index (χ2v) is 12.3. The normalized spacial score (nSPS) is 11.5. The molecule has 0 unspecified atom stereocenters. The Kier molecular flexibility index (Phi) is 6.28. The van der Waals surface area contributed by atoms with Crippen LogP contribution in [0.3, 0.4) is 0 Å². The maximum absolute atomic E-state index is 6.13. The highest BCUT2D eigenvalue weighted by Gasteiger charge is 2.17. The predicted molar refractivity (Wildman–Crippen MR) is 190 cm³/mol. The molecular formula is C41H25N3OS. The number of nitrogens with zero attached hydrogens (tertiary/aromatic N) is 3. The van der Waals surface area contributed by atoms with Crippen LogP contribution in [0.25, 0.3) is 87.8 Å². The van der Waals surface area contributed by atoms with Crippen molar-refractivity contribution < 1.29 is 4.42 Å². The summed E-state index contributed by atoms with van der Waals surface area (Å²) in [6.45, 7) is 0. The van der Waals surface area contributed by atoms with Crippen LogP contribution in [0.5, 0.6) is 0 Å². The van der Waals surface area contributed by atoms with Crippen molar-refractivity contribution in [2.45, 2.75) is 0 Å². The molecule has 0 N–H and O–H groups in total. The summed E-state index contributed by atoms with van der Waals surface area (Å²) in [5.74, 6) is 2.75. The summed E-state index contributed by atoms with van der Waals surface area (Å²) in [6, 6.07) is 52.1. The summed E-state index contributed by atoms with van der Waals surface area (Å²) < 4.78 is 8.54. The molecule has 0 saturated heterocycles. The van der Waals surface area contributed by atoms with E-state index in [1.807, 2.05) is 24.3 Å². The Labute approximate surface area is 269 Å². The van der Waals surface area contributed by atoms with Crippen molar-refractivity contribution >= 4 is 42.5 Å². The summed E-state index contributed by atoms with van der Waals surface area (Å²) in [6.07, 6.45) is 0. The van der Waals surface area contributed by atoms with Gasteiger partial charge in [-0.1, -0.05) is 121 Å². The Morgan fingerprint density at radius 1 is 0.435 bits per heavy atom. The molecule has 0 aliphatic carbocycles. The highest BCUT2D eigenvalue weighted by molar-refractivity contribution is 7.26. The highest BCUT2D eigenvalue weighted by Crippen LogP contribution is 2.40. The lowest BCUT2D eigenvalue weighted by atomic mass is 10.0. The number of hydrogen-bond acceptors (Lipinski definition) is 5. The largest absolute Gasteiger partial charge is 0.456 e. The van der Waals surface area contributed by atoms with Gasteiger partial charge in [0.05, 0.1) is 0 Å². The molecule has 0 fully saturated rings. The third kappa shape index (κ3) is 4.66. The van der Waals surface area contributed by atoms with E-state index in [4.69, 9.17) is 19.4 Å². The van der Waals surface area contributed by atoms with Crippen LogP contribution in [0, 0.1) is 0 Å². The first-order valence-corrected chi connectivity index (χ1v) is 16.0. The Bertz CT molecular complexity index is 2500. The van der Waals surface area contributed by atoms with E-state index in [0.717, 1.165) is 50.1 Å². The molecule has 9 aromatic rings. The Morgan fingerprint density at radius 3 is 1.96 bits per heavy atom. The van der Waals surface area contributed by atoms with Crippen LogP contribution in [-0.2, 0) is 0 Å². The minimum atomic E-state index is 0.624. The van der Waals surface area contributed by atoms with E-state index in [1.54, 1.807) is 11.3 Å². The Balaban J connectivity index is 1.20. The average Bonchev–Trinajstić information content (AvgIpc) is 3.74. The molecule has 0 radical (unpaired) electrons. The van der Waals surface area contributed by atoms with Gasteiger partial charge in [-0.3, -0.25) is 0 Å². The van der Waals surface area contributed by atoms with E-state index in [2.05, 4.69) is 127 Å². The van der Waals surface area contributed by atoms with E-state index in [0.29, 0.717) is 17.5 Å². The lowest BCUT2D eigenvalue weighted by molar-refractivity contribution is 0.631. The number of rotatable bonds is 5. The van der Waals surface area contributed by atoms with Crippen LogP contribution >= 0.6 is 11.3 Å². The van der Waals surface area contributed by atoms with Crippen molar-refractivity contribution in [2.75, 3.05) is 0 Å². The molecular weight excluding hydrogens is 583 g/mol. The van der Waals surface area contributed by atoms with E-state index in [1.165, 1.54) is 20.2 Å². The lowest BCUT2D eigenvalue weighted by Gasteiger charge is -2.10. The molecule has 3 heterocycles. The van der Waals surface area contributed by atoms with Crippen molar-refractivity contribution in [3.63, 3.8) is 0 Å². The SMILES string of the molecule is c1ccc(-c2cccc(-c3nc(-c4ccc(-c5cc6ccccc6o5)cc4)nc(-c4cccc5c4sc4ccccc45)n3)c2)cc1. The lowest BCUT2D eigenvalue weighted by Crippen LogP contribution is -2.00. The maximum Gasteiger partial charge on any atom is 0.165 e. The second kappa shape index (κ2) is 10.9. The molecule has 6 aromatic carbocycles. The van der Waals surface area contributed by atoms with Gasteiger partial charge < -0.3 is 4.42 Å². The zero-order chi connectivity index (χ0) is 30.5. The van der Waals surface area contributed by atoms with Gasteiger partial charge in [0, 0.05) is 47.8 Å². The van der Waals surface area contributed by atoms with Gasteiger partial charge in [0.2, 0.25) is 0 Å².